The Morgan fingerprint density at radius 1 is 1.21 bits per heavy atom. The lowest BCUT2D eigenvalue weighted by molar-refractivity contribution is -0.717. The maximum atomic E-state index is 12.5. The van der Waals surface area contributed by atoms with Crippen molar-refractivity contribution >= 4 is 28.2 Å². The molecule has 0 spiro atoms. The third-order valence-corrected chi connectivity index (χ3v) is 6.07. The summed E-state index contributed by atoms with van der Waals surface area (Å²) in [6.07, 6.45) is 1.00. The number of carbonyl (C=O) groups is 2. The number of carbonyl (C=O) groups excluding carboxylic acids is 2. The molecule has 0 aliphatic rings. The van der Waals surface area contributed by atoms with Crippen LogP contribution in [-0.2, 0) is 17.7 Å². The average Bonchev–Trinajstić information content (AvgIpc) is 3.04. The van der Waals surface area contributed by atoms with E-state index in [1.165, 1.54) is 11.1 Å². The fourth-order valence-corrected chi connectivity index (χ4v) is 4.45. The Morgan fingerprint density at radius 3 is 2.38 bits per heavy atom. The SMILES string of the molecule is CCOC(=O)c1c(N)sc(C(=O)NC)c1C[NH2+][C@@H](c1ccc(CC)cc1)C(C)C. The molecule has 0 bridgehead atoms. The second-order valence-corrected chi connectivity index (χ2v) is 8.31. The van der Waals surface area contributed by atoms with Gasteiger partial charge in [0.2, 0.25) is 0 Å². The molecule has 0 aliphatic heterocycles. The molecule has 2 rings (SSSR count). The van der Waals surface area contributed by atoms with Gasteiger partial charge in [-0.2, -0.15) is 0 Å². The molecule has 0 fully saturated rings. The summed E-state index contributed by atoms with van der Waals surface area (Å²) in [6.45, 7) is 8.94. The Hall–Kier alpha value is -2.38. The minimum absolute atomic E-state index is 0.189. The first-order valence-electron chi connectivity index (χ1n) is 10.1. The van der Waals surface area contributed by atoms with Gasteiger partial charge in [-0.3, -0.25) is 4.79 Å². The maximum Gasteiger partial charge on any atom is 0.341 e. The van der Waals surface area contributed by atoms with E-state index in [1.54, 1.807) is 14.0 Å². The molecule has 0 saturated carbocycles. The predicted octanol–water partition coefficient (Wildman–Crippen LogP) is 2.89. The van der Waals surface area contributed by atoms with Crippen molar-refractivity contribution in [1.29, 1.82) is 0 Å². The zero-order valence-electron chi connectivity index (χ0n) is 17.9. The van der Waals surface area contributed by atoms with Crippen molar-refractivity contribution in [3.63, 3.8) is 0 Å². The minimum Gasteiger partial charge on any atom is -0.462 e. The minimum atomic E-state index is -0.479. The number of rotatable bonds is 9. The number of thiophene rings is 1. The number of ether oxygens (including phenoxy) is 1. The molecule has 0 radical (unpaired) electrons. The molecule has 1 aromatic heterocycles. The van der Waals surface area contributed by atoms with Crippen LogP contribution < -0.4 is 16.4 Å². The zero-order chi connectivity index (χ0) is 21.6. The number of anilines is 1. The smallest absolute Gasteiger partial charge is 0.341 e. The molecule has 7 heteroatoms. The first-order valence-corrected chi connectivity index (χ1v) is 10.9. The van der Waals surface area contributed by atoms with E-state index >= 15 is 0 Å². The normalized spacial score (nSPS) is 12.1. The van der Waals surface area contributed by atoms with Gasteiger partial charge in [-0.15, -0.1) is 11.3 Å². The fourth-order valence-electron chi connectivity index (χ4n) is 3.42. The van der Waals surface area contributed by atoms with E-state index in [0.717, 1.165) is 17.8 Å². The second-order valence-electron chi connectivity index (χ2n) is 7.25. The standard InChI is InChI=1S/C22H31N3O3S/c1-6-14-8-10-15(11-9-14)18(13(3)4)25-12-16-17(22(27)28-7-2)20(23)29-19(16)21(26)24-5/h8-11,13,18,25H,6-7,12,23H2,1-5H3,(H,24,26)/p+1/t18-/m1/s1. The Labute approximate surface area is 176 Å². The highest BCUT2D eigenvalue weighted by Gasteiger charge is 2.29. The summed E-state index contributed by atoms with van der Waals surface area (Å²) in [6, 6.07) is 8.82. The highest BCUT2D eigenvalue weighted by Crippen LogP contribution is 2.32. The molecule has 1 aromatic carbocycles. The van der Waals surface area contributed by atoms with Gasteiger partial charge in [0.05, 0.1) is 6.61 Å². The Morgan fingerprint density at radius 2 is 1.86 bits per heavy atom. The molecule has 5 N–H and O–H groups in total. The van der Waals surface area contributed by atoms with Gasteiger partial charge in [-0.25, -0.2) is 4.79 Å². The van der Waals surface area contributed by atoms with Crippen molar-refractivity contribution in [3.8, 4) is 0 Å². The Bertz CT molecular complexity index is 844. The van der Waals surface area contributed by atoms with Crippen LogP contribution in [0.4, 0.5) is 5.00 Å². The molecule has 0 aliphatic carbocycles. The number of nitrogens with one attached hydrogen (secondary N) is 1. The molecule has 0 saturated heterocycles. The van der Waals surface area contributed by atoms with Crippen LogP contribution in [0.1, 0.15) is 70.5 Å². The summed E-state index contributed by atoms with van der Waals surface area (Å²) in [5, 5.41) is 5.13. The highest BCUT2D eigenvalue weighted by molar-refractivity contribution is 7.18. The lowest BCUT2D eigenvalue weighted by Gasteiger charge is -2.20. The van der Waals surface area contributed by atoms with Crippen LogP contribution in [0.3, 0.4) is 0 Å². The third kappa shape index (κ3) is 5.36. The Balaban J connectivity index is 2.36. The summed E-state index contributed by atoms with van der Waals surface area (Å²) in [5.41, 5.74) is 9.58. The molecule has 29 heavy (non-hydrogen) atoms. The van der Waals surface area contributed by atoms with Crippen LogP contribution in [0.2, 0.25) is 0 Å². The van der Waals surface area contributed by atoms with Gasteiger partial charge < -0.3 is 21.1 Å². The number of nitrogens with two attached hydrogens (primary N) is 2. The van der Waals surface area contributed by atoms with Gasteiger partial charge in [-0.05, 0) is 18.9 Å². The summed E-state index contributed by atoms with van der Waals surface area (Å²) in [7, 11) is 1.57. The van der Waals surface area contributed by atoms with Crippen LogP contribution in [0.15, 0.2) is 24.3 Å². The van der Waals surface area contributed by atoms with Crippen molar-refractivity contribution in [2.75, 3.05) is 19.4 Å². The monoisotopic (exact) mass is 418 g/mol. The van der Waals surface area contributed by atoms with Crippen LogP contribution in [-0.4, -0.2) is 25.5 Å². The van der Waals surface area contributed by atoms with Crippen LogP contribution >= 0.6 is 11.3 Å². The Kier molecular flexibility index (Phi) is 8.22. The van der Waals surface area contributed by atoms with Gasteiger partial charge in [0.25, 0.3) is 5.91 Å². The molecule has 1 atom stereocenters. The van der Waals surface area contributed by atoms with Crippen molar-refractivity contribution < 1.29 is 19.6 Å². The maximum absolute atomic E-state index is 12.5. The number of hydrogen-bond acceptors (Lipinski definition) is 5. The summed E-state index contributed by atoms with van der Waals surface area (Å²) >= 11 is 1.13. The summed E-state index contributed by atoms with van der Waals surface area (Å²) in [4.78, 5) is 25.3. The fraction of sp³-hybridized carbons (Fsp3) is 0.455. The van der Waals surface area contributed by atoms with Crippen molar-refractivity contribution in [1.82, 2.24) is 5.32 Å². The van der Waals surface area contributed by atoms with Gasteiger partial charge in [-0.1, -0.05) is 45.0 Å². The van der Waals surface area contributed by atoms with Crippen molar-refractivity contribution in [2.45, 2.75) is 46.7 Å². The lowest BCUT2D eigenvalue weighted by atomic mass is 9.94. The number of esters is 1. The van der Waals surface area contributed by atoms with Crippen molar-refractivity contribution in [2.24, 2.45) is 5.92 Å². The van der Waals surface area contributed by atoms with E-state index in [0.29, 0.717) is 33.5 Å². The van der Waals surface area contributed by atoms with Gasteiger partial charge >= 0.3 is 5.97 Å². The largest absolute Gasteiger partial charge is 0.462 e. The number of amides is 1. The number of hydrogen-bond donors (Lipinski definition) is 3. The number of nitrogen functional groups attached to an aromatic ring is 1. The molecule has 0 unspecified atom stereocenters. The average molecular weight is 419 g/mol. The van der Waals surface area contributed by atoms with Crippen LogP contribution in [0.25, 0.3) is 0 Å². The van der Waals surface area contributed by atoms with Crippen LogP contribution in [0.5, 0.6) is 0 Å². The van der Waals surface area contributed by atoms with Gasteiger partial charge in [0, 0.05) is 24.1 Å². The van der Waals surface area contributed by atoms with E-state index in [9.17, 15) is 9.59 Å². The third-order valence-electron chi connectivity index (χ3n) is 5.01. The van der Waals surface area contributed by atoms with Crippen LogP contribution in [0, 0.1) is 5.92 Å². The molecule has 6 nitrogen and oxygen atoms in total. The second kappa shape index (κ2) is 10.4. The molecule has 2 aromatic rings. The number of quaternary nitrogens is 1. The quantitative estimate of drug-likeness (QED) is 0.545. The molecular formula is C22H32N3O3S+. The predicted molar refractivity (Wildman–Crippen MR) is 117 cm³/mol. The van der Waals surface area contributed by atoms with Gasteiger partial charge in [0.1, 0.15) is 28.0 Å². The molecular weight excluding hydrogens is 386 g/mol. The topological polar surface area (TPSA) is 98.0 Å². The molecule has 158 valence electrons. The first kappa shape index (κ1) is 22.9. The van der Waals surface area contributed by atoms with E-state index in [2.05, 4.69) is 55.7 Å². The van der Waals surface area contributed by atoms with E-state index in [1.807, 2.05) is 0 Å². The molecule has 1 amide bonds. The van der Waals surface area contributed by atoms with Crippen molar-refractivity contribution in [3.05, 3.63) is 51.4 Å². The zero-order valence-corrected chi connectivity index (χ0v) is 18.7. The number of aryl methyl sites for hydroxylation is 1. The first-order chi connectivity index (χ1) is 13.8. The summed E-state index contributed by atoms with van der Waals surface area (Å²) < 4.78 is 5.18. The molecule has 1 heterocycles. The van der Waals surface area contributed by atoms with Gasteiger partial charge in [0.15, 0.2) is 0 Å². The van der Waals surface area contributed by atoms with E-state index in [-0.39, 0.29) is 18.6 Å². The van der Waals surface area contributed by atoms with E-state index in [4.69, 9.17) is 10.5 Å². The summed E-state index contributed by atoms with van der Waals surface area (Å²) in [5.74, 6) is -0.352. The highest BCUT2D eigenvalue weighted by atomic mass is 32.1. The van der Waals surface area contributed by atoms with E-state index < -0.39 is 5.97 Å². The lowest BCUT2D eigenvalue weighted by Crippen LogP contribution is -2.85. The number of benzene rings is 1.